The van der Waals surface area contributed by atoms with Crippen LogP contribution in [0.25, 0.3) is 0 Å². The van der Waals surface area contributed by atoms with Crippen LogP contribution in [-0.4, -0.2) is 30.1 Å². The molecule has 1 aliphatic heterocycles. The topological polar surface area (TPSA) is 15.3 Å². The van der Waals surface area contributed by atoms with Crippen molar-refractivity contribution in [1.82, 2.24) is 10.2 Å². The van der Waals surface area contributed by atoms with E-state index in [-0.39, 0.29) is 0 Å². The van der Waals surface area contributed by atoms with Crippen molar-refractivity contribution in [3.8, 4) is 0 Å². The van der Waals surface area contributed by atoms with Gasteiger partial charge >= 0.3 is 0 Å². The molecule has 3 unspecified atom stereocenters. The summed E-state index contributed by atoms with van der Waals surface area (Å²) in [5, 5.41) is 3.72. The van der Waals surface area contributed by atoms with Gasteiger partial charge in [0.1, 0.15) is 0 Å². The van der Waals surface area contributed by atoms with Crippen molar-refractivity contribution in [2.24, 2.45) is 5.92 Å². The largest absolute Gasteiger partial charge is 0.311 e. The zero-order chi connectivity index (χ0) is 14.7. The first-order valence-corrected chi connectivity index (χ1v) is 8.04. The van der Waals surface area contributed by atoms with E-state index in [0.717, 1.165) is 19.0 Å². The summed E-state index contributed by atoms with van der Waals surface area (Å²) in [6.07, 6.45) is 1.25. The number of benzene rings is 1. The molecule has 0 spiro atoms. The minimum atomic E-state index is 0.621. The highest BCUT2D eigenvalue weighted by Crippen LogP contribution is 2.20. The Labute approximate surface area is 124 Å². The Morgan fingerprint density at radius 1 is 1.35 bits per heavy atom. The SMILES string of the molecule is CCC(C)C1CN(Cc2cc(C)ccc2C)C(C)CN1. The monoisotopic (exact) mass is 274 g/mol. The van der Waals surface area contributed by atoms with Gasteiger partial charge in [0.2, 0.25) is 0 Å². The molecule has 1 aromatic carbocycles. The molecule has 0 amide bonds. The van der Waals surface area contributed by atoms with Crippen LogP contribution in [0.15, 0.2) is 18.2 Å². The van der Waals surface area contributed by atoms with Crippen LogP contribution in [-0.2, 0) is 6.54 Å². The highest BCUT2D eigenvalue weighted by atomic mass is 15.2. The van der Waals surface area contributed by atoms with E-state index in [0.29, 0.717) is 12.1 Å². The molecule has 1 aromatic rings. The summed E-state index contributed by atoms with van der Waals surface area (Å²) >= 11 is 0. The number of hydrogen-bond acceptors (Lipinski definition) is 2. The van der Waals surface area contributed by atoms with Crippen LogP contribution in [0.5, 0.6) is 0 Å². The Kier molecular flexibility index (Phi) is 5.22. The molecule has 1 saturated heterocycles. The average molecular weight is 274 g/mol. The summed E-state index contributed by atoms with van der Waals surface area (Å²) in [5.74, 6) is 0.753. The summed E-state index contributed by atoms with van der Waals surface area (Å²) < 4.78 is 0. The molecule has 112 valence electrons. The first-order chi connectivity index (χ1) is 9.51. The maximum atomic E-state index is 3.72. The third kappa shape index (κ3) is 3.62. The molecule has 1 fully saturated rings. The number of nitrogens with zero attached hydrogens (tertiary/aromatic N) is 1. The Morgan fingerprint density at radius 2 is 2.10 bits per heavy atom. The third-order valence-corrected chi connectivity index (χ3v) is 4.94. The quantitative estimate of drug-likeness (QED) is 0.904. The van der Waals surface area contributed by atoms with Gasteiger partial charge in [0.15, 0.2) is 0 Å². The normalized spacial score (nSPS) is 25.6. The molecule has 2 heteroatoms. The molecule has 1 N–H and O–H groups in total. The van der Waals surface area contributed by atoms with Crippen LogP contribution < -0.4 is 5.32 Å². The highest BCUT2D eigenvalue weighted by molar-refractivity contribution is 5.30. The molecule has 1 aliphatic rings. The molecule has 2 rings (SSSR count). The van der Waals surface area contributed by atoms with E-state index >= 15 is 0 Å². The molecule has 0 radical (unpaired) electrons. The molecule has 0 aromatic heterocycles. The van der Waals surface area contributed by atoms with Gasteiger partial charge in [0, 0.05) is 31.7 Å². The number of hydrogen-bond donors (Lipinski definition) is 1. The van der Waals surface area contributed by atoms with Gasteiger partial charge in [-0.05, 0) is 37.8 Å². The molecule has 3 atom stereocenters. The van der Waals surface area contributed by atoms with Gasteiger partial charge in [0.05, 0.1) is 0 Å². The second-order valence-electron chi connectivity index (χ2n) is 6.61. The minimum absolute atomic E-state index is 0.621. The second-order valence-corrected chi connectivity index (χ2v) is 6.61. The van der Waals surface area contributed by atoms with Gasteiger partial charge in [-0.15, -0.1) is 0 Å². The summed E-state index contributed by atoms with van der Waals surface area (Å²) in [5.41, 5.74) is 4.27. The van der Waals surface area contributed by atoms with Crippen LogP contribution in [0.1, 0.15) is 43.9 Å². The van der Waals surface area contributed by atoms with Crippen molar-refractivity contribution in [2.45, 2.75) is 59.7 Å². The highest BCUT2D eigenvalue weighted by Gasteiger charge is 2.27. The lowest BCUT2D eigenvalue weighted by Crippen LogP contribution is -2.56. The Balaban J connectivity index is 2.08. The van der Waals surface area contributed by atoms with E-state index in [1.165, 1.54) is 29.7 Å². The first-order valence-electron chi connectivity index (χ1n) is 8.04. The van der Waals surface area contributed by atoms with Gasteiger partial charge in [-0.25, -0.2) is 0 Å². The molecular formula is C18H30N2. The van der Waals surface area contributed by atoms with E-state index < -0.39 is 0 Å². The van der Waals surface area contributed by atoms with Gasteiger partial charge in [-0.2, -0.15) is 0 Å². The van der Waals surface area contributed by atoms with Crippen LogP contribution in [0.3, 0.4) is 0 Å². The van der Waals surface area contributed by atoms with E-state index in [4.69, 9.17) is 0 Å². The number of piperazine rings is 1. The molecule has 2 nitrogen and oxygen atoms in total. The maximum Gasteiger partial charge on any atom is 0.0240 e. The molecule has 1 heterocycles. The fourth-order valence-electron chi connectivity index (χ4n) is 3.02. The summed E-state index contributed by atoms with van der Waals surface area (Å²) in [6, 6.07) is 8.07. The predicted molar refractivity (Wildman–Crippen MR) is 87.0 cm³/mol. The van der Waals surface area contributed by atoms with Gasteiger partial charge in [-0.1, -0.05) is 44.0 Å². The van der Waals surface area contributed by atoms with Crippen molar-refractivity contribution in [3.05, 3.63) is 34.9 Å². The number of nitrogens with one attached hydrogen (secondary N) is 1. The predicted octanol–water partition coefficient (Wildman–Crippen LogP) is 3.51. The minimum Gasteiger partial charge on any atom is -0.311 e. The molecule has 0 aliphatic carbocycles. The maximum absolute atomic E-state index is 3.72. The van der Waals surface area contributed by atoms with Crippen molar-refractivity contribution < 1.29 is 0 Å². The zero-order valence-corrected chi connectivity index (χ0v) is 13.7. The Hall–Kier alpha value is -0.860. The van der Waals surface area contributed by atoms with Crippen molar-refractivity contribution in [2.75, 3.05) is 13.1 Å². The zero-order valence-electron chi connectivity index (χ0n) is 13.7. The lowest BCUT2D eigenvalue weighted by molar-refractivity contribution is 0.111. The van der Waals surface area contributed by atoms with Crippen molar-refractivity contribution in [1.29, 1.82) is 0 Å². The fraction of sp³-hybridized carbons (Fsp3) is 0.667. The smallest absolute Gasteiger partial charge is 0.0240 e. The van der Waals surface area contributed by atoms with Crippen LogP contribution in [0.4, 0.5) is 0 Å². The van der Waals surface area contributed by atoms with E-state index in [2.05, 4.69) is 63.0 Å². The van der Waals surface area contributed by atoms with Crippen LogP contribution >= 0.6 is 0 Å². The third-order valence-electron chi connectivity index (χ3n) is 4.94. The lowest BCUT2D eigenvalue weighted by atomic mass is 9.95. The lowest BCUT2D eigenvalue weighted by Gasteiger charge is -2.41. The Morgan fingerprint density at radius 3 is 2.80 bits per heavy atom. The molecule has 0 saturated carbocycles. The van der Waals surface area contributed by atoms with E-state index in [9.17, 15) is 0 Å². The summed E-state index contributed by atoms with van der Waals surface area (Å²) in [6.45, 7) is 14.8. The average Bonchev–Trinajstić information content (AvgIpc) is 2.44. The first kappa shape index (κ1) is 15.5. The Bertz CT molecular complexity index is 441. The second kappa shape index (κ2) is 6.73. The van der Waals surface area contributed by atoms with Gasteiger partial charge < -0.3 is 5.32 Å². The van der Waals surface area contributed by atoms with Gasteiger partial charge in [0.25, 0.3) is 0 Å². The molecule has 20 heavy (non-hydrogen) atoms. The van der Waals surface area contributed by atoms with E-state index in [1.54, 1.807) is 0 Å². The van der Waals surface area contributed by atoms with Crippen LogP contribution in [0.2, 0.25) is 0 Å². The van der Waals surface area contributed by atoms with Crippen molar-refractivity contribution in [3.63, 3.8) is 0 Å². The number of aryl methyl sites for hydroxylation is 2. The fourth-order valence-corrected chi connectivity index (χ4v) is 3.02. The summed E-state index contributed by atoms with van der Waals surface area (Å²) in [4.78, 5) is 2.65. The van der Waals surface area contributed by atoms with Crippen LogP contribution in [0, 0.1) is 19.8 Å². The van der Waals surface area contributed by atoms with Crippen molar-refractivity contribution >= 4 is 0 Å². The number of rotatable bonds is 4. The van der Waals surface area contributed by atoms with E-state index in [1.807, 2.05) is 0 Å². The molecule has 0 bridgehead atoms. The standard InChI is InChI=1S/C18H30N2/c1-6-14(3)18-12-20(16(5)10-19-18)11-17-9-13(2)7-8-15(17)4/h7-9,14,16,18-19H,6,10-12H2,1-5H3. The molecular weight excluding hydrogens is 244 g/mol. The summed E-state index contributed by atoms with van der Waals surface area (Å²) in [7, 11) is 0. The van der Waals surface area contributed by atoms with Gasteiger partial charge in [-0.3, -0.25) is 4.90 Å².